The Hall–Kier alpha value is -0.730. The number of nitrogens with zero attached hydrogens (tertiary/aromatic N) is 1. The third kappa shape index (κ3) is 2.36. The standard InChI is InChI=1S/C9H9Cl2NO/c1-12(2)9(13)6-3-4-7(10)8(11)5-6/h3-5H,1-2H3. The van der Waals surface area contributed by atoms with Crippen molar-refractivity contribution in [2.75, 3.05) is 14.1 Å². The molecule has 0 N–H and O–H groups in total. The van der Waals surface area contributed by atoms with E-state index in [0.29, 0.717) is 15.6 Å². The molecular weight excluding hydrogens is 209 g/mol. The molecule has 1 rings (SSSR count). The van der Waals surface area contributed by atoms with Crippen LogP contribution >= 0.6 is 23.2 Å². The Labute approximate surface area is 87.1 Å². The van der Waals surface area contributed by atoms with E-state index in [0.717, 1.165) is 0 Å². The number of amides is 1. The lowest BCUT2D eigenvalue weighted by Crippen LogP contribution is -2.21. The summed E-state index contributed by atoms with van der Waals surface area (Å²) in [7, 11) is 3.37. The van der Waals surface area contributed by atoms with Crippen LogP contribution in [-0.2, 0) is 0 Å². The van der Waals surface area contributed by atoms with E-state index < -0.39 is 0 Å². The number of rotatable bonds is 1. The Bertz CT molecular complexity index is 336. The number of halogens is 2. The summed E-state index contributed by atoms with van der Waals surface area (Å²) in [4.78, 5) is 12.9. The van der Waals surface area contributed by atoms with E-state index in [2.05, 4.69) is 0 Å². The van der Waals surface area contributed by atoms with Gasteiger partial charge in [-0.15, -0.1) is 0 Å². The smallest absolute Gasteiger partial charge is 0.253 e. The number of benzene rings is 1. The molecule has 0 aliphatic carbocycles. The molecule has 70 valence electrons. The van der Waals surface area contributed by atoms with Gasteiger partial charge in [-0.3, -0.25) is 4.79 Å². The van der Waals surface area contributed by atoms with Crippen LogP contribution in [0.15, 0.2) is 18.2 Å². The van der Waals surface area contributed by atoms with E-state index in [9.17, 15) is 4.79 Å². The Morgan fingerprint density at radius 2 is 1.85 bits per heavy atom. The van der Waals surface area contributed by atoms with Crippen LogP contribution in [0, 0.1) is 0 Å². The second kappa shape index (κ2) is 3.99. The maximum absolute atomic E-state index is 11.4. The maximum Gasteiger partial charge on any atom is 0.253 e. The van der Waals surface area contributed by atoms with Gasteiger partial charge in [0.05, 0.1) is 10.0 Å². The van der Waals surface area contributed by atoms with Crippen LogP contribution in [0.5, 0.6) is 0 Å². The normalized spacial score (nSPS) is 9.85. The average Bonchev–Trinajstić information content (AvgIpc) is 2.08. The lowest BCUT2D eigenvalue weighted by Gasteiger charge is -2.10. The Morgan fingerprint density at radius 3 is 2.31 bits per heavy atom. The van der Waals surface area contributed by atoms with Gasteiger partial charge in [-0.25, -0.2) is 0 Å². The van der Waals surface area contributed by atoms with Gasteiger partial charge in [0.15, 0.2) is 0 Å². The van der Waals surface area contributed by atoms with E-state index in [1.807, 2.05) is 0 Å². The second-order valence-electron chi connectivity index (χ2n) is 2.83. The molecule has 0 aliphatic heterocycles. The van der Waals surface area contributed by atoms with Crippen molar-refractivity contribution < 1.29 is 4.79 Å². The van der Waals surface area contributed by atoms with E-state index in [1.54, 1.807) is 32.3 Å². The van der Waals surface area contributed by atoms with Crippen molar-refractivity contribution in [2.24, 2.45) is 0 Å². The zero-order chi connectivity index (χ0) is 10.0. The first-order valence-corrected chi connectivity index (χ1v) is 4.44. The predicted molar refractivity (Wildman–Crippen MR) is 54.5 cm³/mol. The third-order valence-corrected chi connectivity index (χ3v) is 2.31. The van der Waals surface area contributed by atoms with Gasteiger partial charge in [0.1, 0.15) is 0 Å². The van der Waals surface area contributed by atoms with E-state index in [-0.39, 0.29) is 5.91 Å². The Morgan fingerprint density at radius 1 is 1.23 bits per heavy atom. The zero-order valence-corrected chi connectivity index (χ0v) is 8.86. The van der Waals surface area contributed by atoms with Crippen molar-refractivity contribution in [3.05, 3.63) is 33.8 Å². The highest BCUT2D eigenvalue weighted by Gasteiger charge is 2.09. The summed E-state index contributed by atoms with van der Waals surface area (Å²) in [6, 6.07) is 4.82. The van der Waals surface area contributed by atoms with Crippen LogP contribution in [-0.4, -0.2) is 24.9 Å². The first kappa shape index (κ1) is 10.4. The molecule has 0 aliphatic rings. The van der Waals surface area contributed by atoms with Crippen molar-refractivity contribution >= 4 is 29.1 Å². The summed E-state index contributed by atoms with van der Waals surface area (Å²) in [5.74, 6) is -0.0847. The quantitative estimate of drug-likeness (QED) is 0.709. The van der Waals surface area contributed by atoms with Gasteiger partial charge < -0.3 is 4.90 Å². The fourth-order valence-electron chi connectivity index (χ4n) is 0.887. The number of hydrogen-bond donors (Lipinski definition) is 0. The molecule has 13 heavy (non-hydrogen) atoms. The Balaban J connectivity index is 3.04. The highest BCUT2D eigenvalue weighted by molar-refractivity contribution is 6.42. The van der Waals surface area contributed by atoms with Crippen molar-refractivity contribution in [3.63, 3.8) is 0 Å². The summed E-state index contributed by atoms with van der Waals surface area (Å²) in [5.41, 5.74) is 0.541. The molecule has 1 amide bonds. The summed E-state index contributed by atoms with van der Waals surface area (Å²) in [6.07, 6.45) is 0. The molecule has 0 fully saturated rings. The largest absolute Gasteiger partial charge is 0.345 e. The predicted octanol–water partition coefficient (Wildman–Crippen LogP) is 2.70. The van der Waals surface area contributed by atoms with Crippen LogP contribution in [0.4, 0.5) is 0 Å². The van der Waals surface area contributed by atoms with Crippen LogP contribution in [0.2, 0.25) is 10.0 Å². The lowest BCUT2D eigenvalue weighted by atomic mass is 10.2. The molecule has 2 nitrogen and oxygen atoms in total. The minimum atomic E-state index is -0.0847. The van der Waals surface area contributed by atoms with Gasteiger partial charge >= 0.3 is 0 Å². The molecular formula is C9H9Cl2NO. The molecule has 1 aromatic carbocycles. The molecule has 0 spiro atoms. The van der Waals surface area contributed by atoms with Crippen LogP contribution < -0.4 is 0 Å². The zero-order valence-electron chi connectivity index (χ0n) is 7.34. The van der Waals surface area contributed by atoms with Crippen molar-refractivity contribution in [1.82, 2.24) is 4.90 Å². The Kier molecular flexibility index (Phi) is 3.17. The molecule has 0 saturated heterocycles. The van der Waals surface area contributed by atoms with Crippen molar-refractivity contribution in [1.29, 1.82) is 0 Å². The van der Waals surface area contributed by atoms with Gasteiger partial charge in [-0.05, 0) is 18.2 Å². The molecule has 0 bridgehead atoms. The molecule has 0 radical (unpaired) electrons. The van der Waals surface area contributed by atoms with Gasteiger partial charge in [0, 0.05) is 19.7 Å². The van der Waals surface area contributed by atoms with Crippen LogP contribution in [0.3, 0.4) is 0 Å². The minimum absolute atomic E-state index is 0.0847. The SMILES string of the molecule is CN(C)C(=O)c1ccc(Cl)c(Cl)c1. The number of carbonyl (C=O) groups excluding carboxylic acids is 1. The van der Waals surface area contributed by atoms with Crippen molar-refractivity contribution in [2.45, 2.75) is 0 Å². The summed E-state index contributed by atoms with van der Waals surface area (Å²) in [5, 5.41) is 0.853. The lowest BCUT2D eigenvalue weighted by molar-refractivity contribution is 0.0827. The highest BCUT2D eigenvalue weighted by atomic mass is 35.5. The van der Waals surface area contributed by atoms with Crippen molar-refractivity contribution in [3.8, 4) is 0 Å². The molecule has 1 aromatic rings. The molecule has 0 aromatic heterocycles. The number of carbonyl (C=O) groups is 1. The van der Waals surface area contributed by atoms with Crippen LogP contribution in [0.25, 0.3) is 0 Å². The molecule has 0 heterocycles. The van der Waals surface area contributed by atoms with Gasteiger partial charge in [0.25, 0.3) is 5.91 Å². The average molecular weight is 218 g/mol. The highest BCUT2D eigenvalue weighted by Crippen LogP contribution is 2.22. The fraction of sp³-hybridized carbons (Fsp3) is 0.222. The maximum atomic E-state index is 11.4. The molecule has 4 heteroatoms. The fourth-order valence-corrected chi connectivity index (χ4v) is 1.19. The van der Waals surface area contributed by atoms with Gasteiger partial charge in [-0.2, -0.15) is 0 Å². The summed E-state index contributed by atoms with van der Waals surface area (Å²) < 4.78 is 0. The number of hydrogen-bond acceptors (Lipinski definition) is 1. The van der Waals surface area contributed by atoms with Crippen LogP contribution in [0.1, 0.15) is 10.4 Å². The van der Waals surface area contributed by atoms with E-state index >= 15 is 0 Å². The van der Waals surface area contributed by atoms with E-state index in [1.165, 1.54) is 4.90 Å². The minimum Gasteiger partial charge on any atom is -0.345 e. The van der Waals surface area contributed by atoms with Gasteiger partial charge in [0.2, 0.25) is 0 Å². The first-order chi connectivity index (χ1) is 6.02. The third-order valence-electron chi connectivity index (χ3n) is 1.57. The molecule has 0 unspecified atom stereocenters. The molecule has 0 atom stereocenters. The topological polar surface area (TPSA) is 20.3 Å². The second-order valence-corrected chi connectivity index (χ2v) is 3.64. The first-order valence-electron chi connectivity index (χ1n) is 3.69. The summed E-state index contributed by atoms with van der Waals surface area (Å²) in [6.45, 7) is 0. The monoisotopic (exact) mass is 217 g/mol. The summed E-state index contributed by atoms with van der Waals surface area (Å²) >= 11 is 11.5. The van der Waals surface area contributed by atoms with Gasteiger partial charge in [-0.1, -0.05) is 23.2 Å². The molecule has 0 saturated carbocycles. The van der Waals surface area contributed by atoms with E-state index in [4.69, 9.17) is 23.2 Å².